The Morgan fingerprint density at radius 1 is 0.333 bits per heavy atom. The van der Waals surface area contributed by atoms with Gasteiger partial charge in [0, 0.05) is 34.6 Å². The Labute approximate surface area is 311 Å². The average Bonchev–Trinajstić information content (AvgIpc) is 4.00. The van der Waals surface area contributed by atoms with Gasteiger partial charge in [-0.25, -0.2) is 9.97 Å². The summed E-state index contributed by atoms with van der Waals surface area (Å²) in [6.07, 6.45) is 10.0. The van der Waals surface area contributed by atoms with Crippen LogP contribution in [0.25, 0.3) is 100 Å². The molecule has 0 bridgehead atoms. The van der Waals surface area contributed by atoms with E-state index in [2.05, 4.69) is 143 Å². The van der Waals surface area contributed by atoms with E-state index in [1.807, 2.05) is 24.5 Å². The Bertz CT molecular complexity index is 2860. The first-order valence-electron chi connectivity index (χ1n) is 17.7. The van der Waals surface area contributed by atoms with Crippen LogP contribution in [0.4, 0.5) is 0 Å². The van der Waals surface area contributed by atoms with E-state index in [9.17, 15) is 0 Å². The van der Waals surface area contributed by atoms with E-state index >= 15 is 0 Å². The fraction of sp³-hybridized carbons (Fsp3) is 0. The van der Waals surface area contributed by atoms with E-state index in [0.29, 0.717) is 11.5 Å². The van der Waals surface area contributed by atoms with Gasteiger partial charge in [0.25, 0.3) is 0 Å². The molecule has 10 aromatic rings. The molecule has 10 rings (SSSR count). The third-order valence-corrected chi connectivity index (χ3v) is 9.97. The molecule has 254 valence electrons. The van der Waals surface area contributed by atoms with Crippen molar-refractivity contribution in [3.8, 4) is 78.5 Å². The Balaban J connectivity index is 1.27. The van der Waals surface area contributed by atoms with Crippen LogP contribution in [0.2, 0.25) is 0 Å². The maximum absolute atomic E-state index is 5.72. The van der Waals surface area contributed by atoms with Gasteiger partial charge in [-0.15, -0.1) is 0 Å². The lowest BCUT2D eigenvalue weighted by Gasteiger charge is -2.19. The van der Waals surface area contributed by atoms with E-state index in [1.54, 1.807) is 12.4 Å². The fourth-order valence-corrected chi connectivity index (χ4v) is 7.46. The molecule has 6 heteroatoms. The lowest BCUT2D eigenvalue weighted by atomic mass is 9.86. The number of nitrogens with zero attached hydrogens (tertiary/aromatic N) is 4. The second-order valence-electron chi connectivity index (χ2n) is 13.2. The summed E-state index contributed by atoms with van der Waals surface area (Å²) in [7, 11) is 0. The lowest BCUT2D eigenvalue weighted by molar-refractivity contribution is 0.571. The van der Waals surface area contributed by atoms with Gasteiger partial charge in [-0.1, -0.05) is 97.1 Å². The minimum atomic E-state index is 0.684. The van der Waals surface area contributed by atoms with Crippen molar-refractivity contribution in [2.24, 2.45) is 0 Å². The first kappa shape index (κ1) is 31.3. The second kappa shape index (κ2) is 13.3. The molecular weight excluding hydrogens is 665 g/mol. The Hall–Kier alpha value is -7.44. The minimum Gasteiger partial charge on any atom is -0.444 e. The lowest BCUT2D eigenvalue weighted by Crippen LogP contribution is -1.95. The number of hydrogen-bond acceptors (Lipinski definition) is 6. The van der Waals surface area contributed by atoms with Crippen LogP contribution in [-0.4, -0.2) is 19.9 Å². The zero-order valence-electron chi connectivity index (χ0n) is 28.9. The van der Waals surface area contributed by atoms with Gasteiger partial charge < -0.3 is 8.83 Å². The first-order valence-corrected chi connectivity index (χ1v) is 17.7. The summed E-state index contributed by atoms with van der Waals surface area (Å²) in [5, 5.41) is 4.25. The molecule has 0 atom stereocenters. The summed E-state index contributed by atoms with van der Waals surface area (Å²) in [6.45, 7) is 0. The molecule has 6 aromatic carbocycles. The molecule has 4 aromatic heterocycles. The standard InChI is InChI=1S/C48H30N4O2/c1-3-9-31(10-4-1)36-21-37(32-11-5-2-6-12-32)23-38(22-36)33-15-16-41-42(24-33)48(44-26-35(18-20-52-44)46-28-50-30-54-46)40-14-8-7-13-39(40)47(41)43-25-34(17-19-51-43)45-27-49-29-53-45/h1-30H. The summed E-state index contributed by atoms with van der Waals surface area (Å²) in [4.78, 5) is 18.3. The molecule has 0 radical (unpaired) electrons. The van der Waals surface area contributed by atoms with Gasteiger partial charge in [-0.3, -0.25) is 9.97 Å². The fourth-order valence-electron chi connectivity index (χ4n) is 7.46. The molecule has 0 fully saturated rings. The van der Waals surface area contributed by atoms with Crippen LogP contribution in [0.5, 0.6) is 0 Å². The molecule has 0 saturated heterocycles. The smallest absolute Gasteiger partial charge is 0.181 e. The zero-order chi connectivity index (χ0) is 35.8. The minimum absolute atomic E-state index is 0.684. The van der Waals surface area contributed by atoms with Gasteiger partial charge in [0.05, 0.1) is 23.8 Å². The van der Waals surface area contributed by atoms with E-state index < -0.39 is 0 Å². The maximum atomic E-state index is 5.72. The van der Waals surface area contributed by atoms with Gasteiger partial charge in [0.15, 0.2) is 24.3 Å². The molecule has 0 unspecified atom stereocenters. The second-order valence-corrected chi connectivity index (χ2v) is 13.2. The van der Waals surface area contributed by atoms with Gasteiger partial charge in [0.2, 0.25) is 0 Å². The molecule has 4 heterocycles. The number of pyridine rings is 2. The summed E-state index contributed by atoms with van der Waals surface area (Å²) >= 11 is 0. The first-order chi connectivity index (χ1) is 26.8. The molecule has 0 saturated carbocycles. The number of rotatable bonds is 7. The van der Waals surface area contributed by atoms with E-state index in [1.165, 1.54) is 12.8 Å². The molecule has 6 nitrogen and oxygen atoms in total. The number of benzene rings is 6. The number of hydrogen-bond donors (Lipinski definition) is 0. The largest absolute Gasteiger partial charge is 0.444 e. The Kier molecular flexibility index (Phi) is 7.69. The summed E-state index contributed by atoms with van der Waals surface area (Å²) < 4.78 is 11.4. The number of oxazole rings is 2. The predicted molar refractivity (Wildman–Crippen MR) is 215 cm³/mol. The van der Waals surface area contributed by atoms with Crippen molar-refractivity contribution in [1.29, 1.82) is 0 Å². The van der Waals surface area contributed by atoms with Crippen LogP contribution in [-0.2, 0) is 0 Å². The van der Waals surface area contributed by atoms with E-state index in [0.717, 1.165) is 88.6 Å². The summed E-state index contributed by atoms with van der Waals surface area (Å²) in [5.74, 6) is 1.37. The van der Waals surface area contributed by atoms with E-state index in [4.69, 9.17) is 18.8 Å². The van der Waals surface area contributed by atoms with Crippen molar-refractivity contribution in [1.82, 2.24) is 19.9 Å². The highest BCUT2D eigenvalue weighted by Gasteiger charge is 2.20. The molecule has 0 aliphatic heterocycles. The number of fused-ring (bicyclic) bond motifs is 2. The van der Waals surface area contributed by atoms with Gasteiger partial charge in [-0.05, 0) is 103 Å². The third-order valence-electron chi connectivity index (χ3n) is 9.97. The van der Waals surface area contributed by atoms with Crippen molar-refractivity contribution in [2.75, 3.05) is 0 Å². The maximum Gasteiger partial charge on any atom is 0.181 e. The predicted octanol–water partition coefficient (Wildman–Crippen LogP) is 12.4. The van der Waals surface area contributed by atoms with Crippen LogP contribution < -0.4 is 0 Å². The van der Waals surface area contributed by atoms with Gasteiger partial charge in [0.1, 0.15) is 0 Å². The molecule has 54 heavy (non-hydrogen) atoms. The molecular formula is C48H30N4O2. The van der Waals surface area contributed by atoms with Crippen molar-refractivity contribution in [3.63, 3.8) is 0 Å². The normalized spacial score (nSPS) is 11.3. The quantitative estimate of drug-likeness (QED) is 0.155. The molecule has 0 aliphatic rings. The van der Waals surface area contributed by atoms with Gasteiger partial charge in [-0.2, -0.15) is 0 Å². The van der Waals surface area contributed by atoms with Crippen LogP contribution >= 0.6 is 0 Å². The molecule has 0 spiro atoms. The van der Waals surface area contributed by atoms with Crippen LogP contribution in [0.3, 0.4) is 0 Å². The van der Waals surface area contributed by atoms with E-state index in [-0.39, 0.29) is 0 Å². The highest BCUT2D eigenvalue weighted by molar-refractivity contribution is 6.21. The van der Waals surface area contributed by atoms with Crippen LogP contribution in [0, 0.1) is 0 Å². The zero-order valence-corrected chi connectivity index (χ0v) is 28.9. The van der Waals surface area contributed by atoms with Crippen molar-refractivity contribution in [2.45, 2.75) is 0 Å². The van der Waals surface area contributed by atoms with Crippen molar-refractivity contribution >= 4 is 21.5 Å². The van der Waals surface area contributed by atoms with Crippen molar-refractivity contribution in [3.05, 3.63) is 183 Å². The monoisotopic (exact) mass is 694 g/mol. The summed E-state index contributed by atoms with van der Waals surface area (Å²) in [6, 6.07) is 51.3. The summed E-state index contributed by atoms with van der Waals surface area (Å²) in [5.41, 5.74) is 12.4. The van der Waals surface area contributed by atoms with Gasteiger partial charge >= 0.3 is 0 Å². The third kappa shape index (κ3) is 5.63. The Morgan fingerprint density at radius 3 is 1.30 bits per heavy atom. The average molecular weight is 695 g/mol. The Morgan fingerprint density at radius 2 is 0.796 bits per heavy atom. The van der Waals surface area contributed by atoms with Crippen LogP contribution in [0.1, 0.15) is 0 Å². The highest BCUT2D eigenvalue weighted by Crippen LogP contribution is 2.45. The van der Waals surface area contributed by atoms with Crippen LogP contribution in [0.15, 0.2) is 192 Å². The highest BCUT2D eigenvalue weighted by atomic mass is 16.3. The molecule has 0 amide bonds. The molecule has 0 N–H and O–H groups in total. The SMILES string of the molecule is c1ccc(-c2cc(-c3ccccc3)cc(-c3ccc4c(-c5cc(-c6cnco6)ccn5)c5ccccc5c(-c5cc(-c6cnco6)ccn5)c4c3)c2)cc1. The molecule has 0 aliphatic carbocycles. The van der Waals surface area contributed by atoms with Crippen molar-refractivity contribution < 1.29 is 8.83 Å². The number of aromatic nitrogens is 4. The topological polar surface area (TPSA) is 77.8 Å².